The first-order valence-electron chi connectivity index (χ1n) is 8.63. The zero-order chi connectivity index (χ0) is 16.6. The molecule has 1 aliphatic heterocycles. The lowest BCUT2D eigenvalue weighted by molar-refractivity contribution is -0.00555. The van der Waals surface area contributed by atoms with Crippen molar-refractivity contribution in [3.8, 4) is 5.69 Å². The van der Waals surface area contributed by atoms with E-state index < -0.39 is 0 Å². The van der Waals surface area contributed by atoms with Gasteiger partial charge in [-0.1, -0.05) is 29.8 Å². The second-order valence-electron chi connectivity index (χ2n) is 6.98. The van der Waals surface area contributed by atoms with E-state index in [4.69, 9.17) is 0 Å². The number of piperidine rings is 1. The number of carbonyl (C=O) groups excluding carboxylic acids is 1. The number of aliphatic hydroxyl groups excluding tert-OH is 1. The van der Waals surface area contributed by atoms with Crippen LogP contribution in [0.1, 0.15) is 42.6 Å². The predicted molar refractivity (Wildman–Crippen MR) is 88.8 cm³/mol. The second-order valence-corrected chi connectivity index (χ2v) is 6.98. The molecule has 1 spiro atoms. The van der Waals surface area contributed by atoms with Gasteiger partial charge in [-0.15, -0.1) is 5.10 Å². The van der Waals surface area contributed by atoms with Gasteiger partial charge in [0, 0.05) is 18.5 Å². The number of aliphatic hydroxyl groups is 1. The number of likely N-dealkylation sites (tertiary alicyclic amines) is 1. The Morgan fingerprint density at radius 3 is 2.75 bits per heavy atom. The van der Waals surface area contributed by atoms with Crippen molar-refractivity contribution in [3.05, 3.63) is 42.2 Å². The molecular weight excluding hydrogens is 304 g/mol. The molecule has 2 fully saturated rings. The number of aromatic nitrogens is 3. The van der Waals surface area contributed by atoms with Gasteiger partial charge in [-0.2, -0.15) is 0 Å². The minimum absolute atomic E-state index is 0.0876. The molecule has 0 radical (unpaired) electrons. The predicted octanol–water partition coefficient (Wildman–Crippen LogP) is 2.03. The summed E-state index contributed by atoms with van der Waals surface area (Å²) in [7, 11) is 0. The minimum atomic E-state index is -0.284. The fourth-order valence-corrected chi connectivity index (χ4v) is 4.16. The van der Waals surface area contributed by atoms with Gasteiger partial charge >= 0.3 is 0 Å². The number of para-hydroxylation sites is 1. The number of amides is 1. The van der Waals surface area contributed by atoms with E-state index in [1.54, 1.807) is 10.9 Å². The molecule has 6 nitrogen and oxygen atoms in total. The van der Waals surface area contributed by atoms with E-state index in [0.29, 0.717) is 12.2 Å². The van der Waals surface area contributed by atoms with Gasteiger partial charge in [0.1, 0.15) is 0 Å². The highest BCUT2D eigenvalue weighted by Gasteiger charge is 2.45. The van der Waals surface area contributed by atoms with Gasteiger partial charge in [-0.3, -0.25) is 4.79 Å². The van der Waals surface area contributed by atoms with Gasteiger partial charge < -0.3 is 10.0 Å². The molecule has 1 aromatic heterocycles. The monoisotopic (exact) mass is 326 g/mol. The van der Waals surface area contributed by atoms with Crippen molar-refractivity contribution in [1.82, 2.24) is 19.9 Å². The highest BCUT2D eigenvalue weighted by molar-refractivity contribution is 5.92. The zero-order valence-corrected chi connectivity index (χ0v) is 13.6. The molecule has 2 atom stereocenters. The van der Waals surface area contributed by atoms with Crippen molar-refractivity contribution < 1.29 is 9.90 Å². The van der Waals surface area contributed by atoms with E-state index in [-0.39, 0.29) is 17.4 Å². The highest BCUT2D eigenvalue weighted by atomic mass is 16.3. The molecule has 2 heterocycles. The SMILES string of the molecule is O=C(c1cn(-c2ccccc2)nn1)N1CCC[C@]2(CCC[C@H]2O)C1. The number of hydrogen-bond donors (Lipinski definition) is 1. The van der Waals surface area contributed by atoms with E-state index in [1.807, 2.05) is 35.2 Å². The van der Waals surface area contributed by atoms with Gasteiger partial charge in [0.2, 0.25) is 0 Å². The lowest BCUT2D eigenvalue weighted by Crippen LogP contribution is -2.49. The number of rotatable bonds is 2. The summed E-state index contributed by atoms with van der Waals surface area (Å²) in [6.07, 6.45) is 6.26. The molecule has 1 N–H and O–H groups in total. The Hall–Kier alpha value is -2.21. The van der Waals surface area contributed by atoms with Crippen molar-refractivity contribution >= 4 is 5.91 Å². The van der Waals surface area contributed by atoms with Crippen LogP contribution < -0.4 is 0 Å². The summed E-state index contributed by atoms with van der Waals surface area (Å²) in [6, 6.07) is 9.64. The third kappa shape index (κ3) is 2.60. The number of benzene rings is 1. The Balaban J connectivity index is 1.53. The summed E-state index contributed by atoms with van der Waals surface area (Å²) in [6.45, 7) is 1.36. The minimum Gasteiger partial charge on any atom is -0.392 e. The second kappa shape index (κ2) is 6.02. The van der Waals surface area contributed by atoms with E-state index in [9.17, 15) is 9.90 Å². The molecule has 4 rings (SSSR count). The highest BCUT2D eigenvalue weighted by Crippen LogP contribution is 2.45. The van der Waals surface area contributed by atoms with Crippen LogP contribution >= 0.6 is 0 Å². The number of hydrogen-bond acceptors (Lipinski definition) is 4. The Bertz CT molecular complexity index is 730. The summed E-state index contributed by atoms with van der Waals surface area (Å²) in [5.74, 6) is -0.0876. The van der Waals surface area contributed by atoms with Crippen molar-refractivity contribution in [2.45, 2.75) is 38.2 Å². The van der Waals surface area contributed by atoms with E-state index in [2.05, 4.69) is 10.3 Å². The lowest BCUT2D eigenvalue weighted by Gasteiger charge is -2.42. The molecular formula is C18H22N4O2. The smallest absolute Gasteiger partial charge is 0.276 e. The van der Waals surface area contributed by atoms with Gasteiger partial charge in [-0.25, -0.2) is 4.68 Å². The molecule has 126 valence electrons. The molecule has 1 aliphatic carbocycles. The fraction of sp³-hybridized carbons (Fsp3) is 0.500. The maximum Gasteiger partial charge on any atom is 0.276 e. The van der Waals surface area contributed by atoms with Crippen LogP contribution in [0, 0.1) is 5.41 Å². The van der Waals surface area contributed by atoms with Crippen LogP contribution in [-0.4, -0.2) is 50.1 Å². The summed E-state index contributed by atoms with van der Waals surface area (Å²) < 4.78 is 1.62. The van der Waals surface area contributed by atoms with Crippen LogP contribution in [0.3, 0.4) is 0 Å². The first kappa shape index (κ1) is 15.3. The first-order valence-corrected chi connectivity index (χ1v) is 8.63. The third-order valence-corrected chi connectivity index (χ3v) is 5.49. The van der Waals surface area contributed by atoms with Crippen LogP contribution in [0.25, 0.3) is 5.69 Å². The molecule has 1 saturated carbocycles. The van der Waals surface area contributed by atoms with Crippen molar-refractivity contribution in [1.29, 1.82) is 0 Å². The summed E-state index contributed by atoms with van der Waals surface area (Å²) in [5, 5.41) is 18.5. The zero-order valence-electron chi connectivity index (χ0n) is 13.6. The average molecular weight is 326 g/mol. The molecule has 1 saturated heterocycles. The quantitative estimate of drug-likeness (QED) is 0.917. The average Bonchev–Trinajstić information content (AvgIpc) is 3.24. The molecule has 1 aromatic carbocycles. The molecule has 6 heteroatoms. The summed E-state index contributed by atoms with van der Waals surface area (Å²) in [4.78, 5) is 14.7. The molecule has 0 unspecified atom stereocenters. The van der Waals surface area contributed by atoms with Crippen LogP contribution in [0.2, 0.25) is 0 Å². The number of carbonyl (C=O) groups is 1. The van der Waals surface area contributed by atoms with Crippen LogP contribution in [0.15, 0.2) is 36.5 Å². The summed E-state index contributed by atoms with van der Waals surface area (Å²) >= 11 is 0. The summed E-state index contributed by atoms with van der Waals surface area (Å²) in [5.41, 5.74) is 1.14. The normalized spacial score (nSPS) is 26.9. The van der Waals surface area contributed by atoms with Gasteiger partial charge in [0.05, 0.1) is 18.0 Å². The first-order chi connectivity index (χ1) is 11.7. The van der Waals surface area contributed by atoms with Crippen LogP contribution in [0.5, 0.6) is 0 Å². The molecule has 0 bridgehead atoms. The largest absolute Gasteiger partial charge is 0.392 e. The Kier molecular flexibility index (Phi) is 3.84. The Morgan fingerprint density at radius 1 is 1.21 bits per heavy atom. The topological polar surface area (TPSA) is 71.2 Å². The third-order valence-electron chi connectivity index (χ3n) is 5.49. The molecule has 2 aromatic rings. The van der Waals surface area contributed by atoms with Crippen LogP contribution in [-0.2, 0) is 0 Å². The van der Waals surface area contributed by atoms with Crippen molar-refractivity contribution in [2.75, 3.05) is 13.1 Å². The van der Waals surface area contributed by atoms with Gasteiger partial charge in [-0.05, 0) is 37.8 Å². The van der Waals surface area contributed by atoms with Crippen molar-refractivity contribution in [2.24, 2.45) is 5.41 Å². The molecule has 24 heavy (non-hydrogen) atoms. The van der Waals surface area contributed by atoms with E-state index >= 15 is 0 Å². The number of nitrogens with zero attached hydrogens (tertiary/aromatic N) is 4. The van der Waals surface area contributed by atoms with Crippen LogP contribution in [0.4, 0.5) is 0 Å². The lowest BCUT2D eigenvalue weighted by atomic mass is 9.76. The van der Waals surface area contributed by atoms with Gasteiger partial charge in [0.25, 0.3) is 5.91 Å². The standard InChI is InChI=1S/C18H22N4O2/c23-16-8-4-9-18(16)10-5-11-21(13-18)17(24)15-12-22(20-19-15)14-6-2-1-3-7-14/h1-3,6-7,12,16,23H,4-5,8-11,13H2/t16-,18-/m1/s1. The van der Waals surface area contributed by atoms with E-state index in [0.717, 1.165) is 44.3 Å². The van der Waals surface area contributed by atoms with E-state index in [1.165, 1.54) is 0 Å². The Labute approximate surface area is 141 Å². The molecule has 1 amide bonds. The van der Waals surface area contributed by atoms with Gasteiger partial charge in [0.15, 0.2) is 5.69 Å². The maximum absolute atomic E-state index is 12.8. The maximum atomic E-state index is 12.8. The van der Waals surface area contributed by atoms with Crippen molar-refractivity contribution in [3.63, 3.8) is 0 Å². The Morgan fingerprint density at radius 2 is 2.00 bits per heavy atom. The molecule has 2 aliphatic rings. The fourth-order valence-electron chi connectivity index (χ4n) is 4.16.